The second kappa shape index (κ2) is 9.34. The molecule has 30 heavy (non-hydrogen) atoms. The van der Waals surface area contributed by atoms with Crippen LogP contribution in [-0.2, 0) is 10.2 Å². The second-order valence-corrected chi connectivity index (χ2v) is 9.35. The third-order valence-electron chi connectivity index (χ3n) is 4.98. The van der Waals surface area contributed by atoms with Crippen LogP contribution in [0.15, 0.2) is 59.8 Å². The molecule has 7 heteroatoms. The van der Waals surface area contributed by atoms with Crippen LogP contribution in [0.4, 0.5) is 0 Å². The van der Waals surface area contributed by atoms with Crippen LogP contribution in [0.25, 0.3) is 11.4 Å². The van der Waals surface area contributed by atoms with Crippen LogP contribution in [0, 0.1) is 0 Å². The Morgan fingerprint density at radius 2 is 1.77 bits per heavy atom. The molecule has 0 saturated carbocycles. The third kappa shape index (κ3) is 5.42. The van der Waals surface area contributed by atoms with Gasteiger partial charge in [-0.05, 0) is 22.5 Å². The zero-order chi connectivity index (χ0) is 21.7. The Morgan fingerprint density at radius 1 is 1.10 bits per heavy atom. The van der Waals surface area contributed by atoms with Gasteiger partial charge in [-0.2, -0.15) is 0 Å². The lowest BCUT2D eigenvalue weighted by atomic mass is 9.87. The summed E-state index contributed by atoms with van der Waals surface area (Å²) in [5, 5.41) is 11.8. The van der Waals surface area contributed by atoms with E-state index in [0.717, 1.165) is 5.56 Å². The molecule has 1 atom stereocenters. The monoisotopic (exact) mass is 423 g/mol. The van der Waals surface area contributed by atoms with Gasteiger partial charge in [0.2, 0.25) is 11.1 Å². The van der Waals surface area contributed by atoms with Crippen LogP contribution in [0.2, 0.25) is 0 Å². The van der Waals surface area contributed by atoms with Gasteiger partial charge in [0.15, 0.2) is 5.82 Å². The van der Waals surface area contributed by atoms with Crippen LogP contribution in [0.3, 0.4) is 0 Å². The molecule has 2 aromatic carbocycles. The molecule has 1 amide bonds. The summed E-state index contributed by atoms with van der Waals surface area (Å²) in [7, 11) is 0. The van der Waals surface area contributed by atoms with E-state index in [4.69, 9.17) is 5.84 Å². The maximum Gasteiger partial charge on any atom is 0.230 e. The first-order chi connectivity index (χ1) is 14.3. The summed E-state index contributed by atoms with van der Waals surface area (Å²) in [6.45, 7) is 9.20. The van der Waals surface area contributed by atoms with E-state index in [1.807, 2.05) is 30.3 Å². The average Bonchev–Trinajstić information content (AvgIpc) is 3.11. The molecule has 3 rings (SSSR count). The fraction of sp³-hybridized carbons (Fsp3) is 0.348. The Labute approximate surface area is 182 Å². The van der Waals surface area contributed by atoms with E-state index >= 15 is 0 Å². The number of carbonyl (C=O) groups is 1. The molecular weight excluding hydrogens is 394 g/mol. The Bertz CT molecular complexity index is 977. The summed E-state index contributed by atoms with van der Waals surface area (Å²) >= 11 is 1.28. The molecule has 0 fully saturated rings. The lowest BCUT2D eigenvalue weighted by Gasteiger charge is -2.19. The molecule has 0 aliphatic carbocycles. The first-order valence-electron chi connectivity index (χ1n) is 10.0. The maximum atomic E-state index is 12.2. The molecule has 6 nitrogen and oxygen atoms in total. The van der Waals surface area contributed by atoms with Gasteiger partial charge in [0.1, 0.15) is 0 Å². The van der Waals surface area contributed by atoms with Gasteiger partial charge in [-0.15, -0.1) is 10.2 Å². The maximum absolute atomic E-state index is 12.2. The number of nitrogen functional groups attached to an aromatic ring is 1. The van der Waals surface area contributed by atoms with Gasteiger partial charge in [-0.3, -0.25) is 4.79 Å². The molecule has 0 aliphatic rings. The summed E-state index contributed by atoms with van der Waals surface area (Å²) in [6.07, 6.45) is 0. The van der Waals surface area contributed by atoms with E-state index in [1.54, 1.807) is 0 Å². The molecule has 158 valence electrons. The van der Waals surface area contributed by atoms with Crippen molar-refractivity contribution in [2.45, 2.75) is 44.2 Å². The van der Waals surface area contributed by atoms with Crippen molar-refractivity contribution in [1.29, 1.82) is 0 Å². The minimum Gasteiger partial charge on any atom is -0.355 e. The van der Waals surface area contributed by atoms with Crippen molar-refractivity contribution in [3.63, 3.8) is 0 Å². The highest BCUT2D eigenvalue weighted by atomic mass is 32.2. The second-order valence-electron chi connectivity index (χ2n) is 8.41. The number of carbonyl (C=O) groups excluding carboxylic acids is 1. The van der Waals surface area contributed by atoms with Gasteiger partial charge < -0.3 is 11.2 Å². The quantitative estimate of drug-likeness (QED) is 0.444. The predicted octanol–water partition coefficient (Wildman–Crippen LogP) is 3.97. The number of nitrogens with zero attached hydrogens (tertiary/aromatic N) is 3. The van der Waals surface area contributed by atoms with Crippen LogP contribution < -0.4 is 11.2 Å². The highest BCUT2D eigenvalue weighted by Crippen LogP contribution is 2.26. The number of nitrogens with two attached hydrogens (primary N) is 1. The summed E-state index contributed by atoms with van der Waals surface area (Å²) in [6, 6.07) is 18.3. The molecule has 0 bridgehead atoms. The lowest BCUT2D eigenvalue weighted by Crippen LogP contribution is -2.29. The Morgan fingerprint density at radius 3 is 2.40 bits per heavy atom. The third-order valence-corrected chi connectivity index (χ3v) is 5.92. The van der Waals surface area contributed by atoms with Crippen LogP contribution >= 0.6 is 11.8 Å². The fourth-order valence-corrected chi connectivity index (χ4v) is 3.73. The average molecular weight is 424 g/mol. The standard InChI is InChI=1S/C23H29N5OS/c1-16(17-8-6-5-7-9-17)14-25-20(29)15-30-22-27-26-21(28(22)24)18-10-12-19(13-11-18)23(2,3)4/h5-13,16H,14-15,24H2,1-4H3,(H,25,29)/t16-/m0/s1. The molecule has 3 N–H and O–H groups in total. The number of hydrogen-bond donors (Lipinski definition) is 2. The number of benzene rings is 2. The predicted molar refractivity (Wildman–Crippen MR) is 123 cm³/mol. The summed E-state index contributed by atoms with van der Waals surface area (Å²) in [5.41, 5.74) is 3.42. The molecule has 0 aliphatic heterocycles. The minimum absolute atomic E-state index is 0.0538. The van der Waals surface area contributed by atoms with Crippen molar-refractivity contribution in [3.05, 3.63) is 65.7 Å². The summed E-state index contributed by atoms with van der Waals surface area (Å²) < 4.78 is 1.44. The van der Waals surface area contributed by atoms with E-state index in [0.29, 0.717) is 17.5 Å². The topological polar surface area (TPSA) is 85.8 Å². The van der Waals surface area contributed by atoms with E-state index in [9.17, 15) is 4.79 Å². The lowest BCUT2D eigenvalue weighted by molar-refractivity contribution is -0.118. The zero-order valence-corrected chi connectivity index (χ0v) is 18.7. The van der Waals surface area contributed by atoms with Crippen molar-refractivity contribution >= 4 is 17.7 Å². The van der Waals surface area contributed by atoms with Gasteiger partial charge in [0, 0.05) is 12.1 Å². The summed E-state index contributed by atoms with van der Waals surface area (Å²) in [5.74, 6) is 7.20. The Balaban J connectivity index is 1.55. The zero-order valence-electron chi connectivity index (χ0n) is 17.9. The van der Waals surface area contributed by atoms with Gasteiger partial charge in [-0.25, -0.2) is 4.68 Å². The number of hydrogen-bond acceptors (Lipinski definition) is 5. The highest BCUT2D eigenvalue weighted by molar-refractivity contribution is 7.99. The normalized spacial score (nSPS) is 12.5. The number of thioether (sulfide) groups is 1. The van der Waals surface area contributed by atoms with Gasteiger partial charge in [0.25, 0.3) is 0 Å². The van der Waals surface area contributed by atoms with Gasteiger partial charge in [-0.1, -0.05) is 94.1 Å². The van der Waals surface area contributed by atoms with E-state index in [2.05, 4.69) is 67.5 Å². The molecule has 0 radical (unpaired) electrons. The Kier molecular flexibility index (Phi) is 6.82. The van der Waals surface area contributed by atoms with E-state index < -0.39 is 0 Å². The number of nitrogens with one attached hydrogen (secondary N) is 1. The fourth-order valence-electron chi connectivity index (χ4n) is 3.04. The molecule has 0 saturated heterocycles. The first kappa shape index (κ1) is 21.9. The molecule has 0 spiro atoms. The number of aromatic nitrogens is 3. The van der Waals surface area contributed by atoms with Crippen LogP contribution in [0.5, 0.6) is 0 Å². The Hall–Kier alpha value is -2.80. The number of amides is 1. The molecule has 0 unspecified atom stereocenters. The van der Waals surface area contributed by atoms with Crippen molar-refractivity contribution < 1.29 is 4.79 Å². The van der Waals surface area contributed by atoms with E-state index in [1.165, 1.54) is 27.6 Å². The van der Waals surface area contributed by atoms with Crippen molar-refractivity contribution in [1.82, 2.24) is 20.2 Å². The number of rotatable bonds is 7. The molecule has 3 aromatic rings. The minimum atomic E-state index is -0.0538. The van der Waals surface area contributed by atoms with Crippen LogP contribution in [-0.4, -0.2) is 33.1 Å². The van der Waals surface area contributed by atoms with Crippen molar-refractivity contribution in [3.8, 4) is 11.4 Å². The largest absolute Gasteiger partial charge is 0.355 e. The van der Waals surface area contributed by atoms with Gasteiger partial charge in [0.05, 0.1) is 5.75 Å². The smallest absolute Gasteiger partial charge is 0.230 e. The van der Waals surface area contributed by atoms with Crippen LogP contribution in [0.1, 0.15) is 44.7 Å². The van der Waals surface area contributed by atoms with Crippen molar-refractivity contribution in [2.24, 2.45) is 0 Å². The van der Waals surface area contributed by atoms with Crippen molar-refractivity contribution in [2.75, 3.05) is 18.1 Å². The van der Waals surface area contributed by atoms with Gasteiger partial charge >= 0.3 is 0 Å². The highest BCUT2D eigenvalue weighted by Gasteiger charge is 2.17. The molecule has 1 heterocycles. The first-order valence-corrected chi connectivity index (χ1v) is 11.0. The summed E-state index contributed by atoms with van der Waals surface area (Å²) in [4.78, 5) is 12.2. The molecule has 1 aromatic heterocycles. The van der Waals surface area contributed by atoms with E-state index in [-0.39, 0.29) is 23.0 Å². The SMILES string of the molecule is C[C@@H](CNC(=O)CSc1nnc(-c2ccc(C(C)(C)C)cc2)n1N)c1ccccc1. The molecular formula is C23H29N5OS.